The van der Waals surface area contributed by atoms with Crippen molar-refractivity contribution in [2.45, 2.75) is 0 Å². The molecule has 2 aromatic rings. The van der Waals surface area contributed by atoms with E-state index in [1.165, 1.54) is 14.2 Å². The van der Waals surface area contributed by atoms with Crippen molar-refractivity contribution in [3.63, 3.8) is 0 Å². The monoisotopic (exact) mass is 286 g/mol. The third kappa shape index (κ3) is 3.36. The van der Waals surface area contributed by atoms with Crippen molar-refractivity contribution in [1.29, 1.82) is 0 Å². The predicted molar refractivity (Wildman–Crippen MR) is 77.5 cm³/mol. The highest BCUT2D eigenvalue weighted by molar-refractivity contribution is 6.01. The number of esters is 2. The average Bonchev–Trinajstić information content (AvgIpc) is 2.53. The summed E-state index contributed by atoms with van der Waals surface area (Å²) < 4.78 is 9.17. The average molecular weight is 286 g/mol. The summed E-state index contributed by atoms with van der Waals surface area (Å²) in [5.74, 6) is -1.32. The molecule has 1 N–H and O–H groups in total. The van der Waals surface area contributed by atoms with Crippen molar-refractivity contribution >= 4 is 28.5 Å². The van der Waals surface area contributed by atoms with Crippen LogP contribution >= 0.6 is 0 Å². The normalized spacial score (nSPS) is 11.0. The summed E-state index contributed by atoms with van der Waals surface area (Å²) in [7, 11) is 2.47. The van der Waals surface area contributed by atoms with E-state index in [2.05, 4.69) is 19.8 Å². The van der Waals surface area contributed by atoms with E-state index in [0.29, 0.717) is 5.69 Å². The van der Waals surface area contributed by atoms with E-state index in [9.17, 15) is 9.59 Å². The maximum absolute atomic E-state index is 11.7. The Morgan fingerprint density at radius 3 is 2.67 bits per heavy atom. The summed E-state index contributed by atoms with van der Waals surface area (Å²) in [6.45, 7) is 0. The van der Waals surface area contributed by atoms with Crippen LogP contribution in [0.1, 0.15) is 0 Å². The third-order valence-corrected chi connectivity index (χ3v) is 2.78. The highest BCUT2D eigenvalue weighted by Crippen LogP contribution is 2.22. The predicted octanol–water partition coefficient (Wildman–Crippen LogP) is 1.88. The number of rotatable bonds is 4. The second-order valence-corrected chi connectivity index (χ2v) is 4.07. The number of ether oxygens (including phenoxy) is 2. The lowest BCUT2D eigenvalue weighted by molar-refractivity contribution is -0.138. The zero-order chi connectivity index (χ0) is 15.2. The van der Waals surface area contributed by atoms with Crippen molar-refractivity contribution in [3.8, 4) is 0 Å². The molecule has 108 valence electrons. The second kappa shape index (κ2) is 6.51. The van der Waals surface area contributed by atoms with Gasteiger partial charge in [-0.05, 0) is 24.3 Å². The largest absolute Gasteiger partial charge is 0.466 e. The lowest BCUT2D eigenvalue weighted by Crippen LogP contribution is -2.15. The number of carbonyl (C=O) groups is 2. The first-order valence-electron chi connectivity index (χ1n) is 6.14. The van der Waals surface area contributed by atoms with Crippen LogP contribution in [0.25, 0.3) is 10.9 Å². The van der Waals surface area contributed by atoms with Gasteiger partial charge in [0.15, 0.2) is 0 Å². The Labute approximate surface area is 121 Å². The summed E-state index contributed by atoms with van der Waals surface area (Å²) >= 11 is 0. The van der Waals surface area contributed by atoms with Gasteiger partial charge in [-0.1, -0.05) is 6.07 Å². The van der Waals surface area contributed by atoms with Gasteiger partial charge in [0.1, 0.15) is 5.70 Å². The van der Waals surface area contributed by atoms with Crippen LogP contribution in [0.15, 0.2) is 48.3 Å². The summed E-state index contributed by atoms with van der Waals surface area (Å²) in [6, 6.07) is 9.07. The van der Waals surface area contributed by atoms with Crippen LogP contribution < -0.4 is 5.32 Å². The van der Waals surface area contributed by atoms with E-state index in [4.69, 9.17) is 0 Å². The Kier molecular flexibility index (Phi) is 4.50. The quantitative estimate of drug-likeness (QED) is 0.683. The van der Waals surface area contributed by atoms with Crippen LogP contribution in [0.2, 0.25) is 0 Å². The molecule has 0 fully saturated rings. The van der Waals surface area contributed by atoms with Gasteiger partial charge < -0.3 is 14.8 Å². The number of fused-ring (bicyclic) bond motifs is 1. The van der Waals surface area contributed by atoms with E-state index in [0.717, 1.165) is 17.0 Å². The topological polar surface area (TPSA) is 77.5 Å². The molecule has 0 bridgehead atoms. The molecular formula is C15H14N2O4. The molecule has 0 saturated carbocycles. The van der Waals surface area contributed by atoms with Crippen LogP contribution in [-0.4, -0.2) is 31.1 Å². The van der Waals surface area contributed by atoms with Crippen LogP contribution in [-0.2, 0) is 19.1 Å². The summed E-state index contributed by atoms with van der Waals surface area (Å²) in [4.78, 5) is 27.3. The maximum atomic E-state index is 11.7. The molecule has 0 aliphatic heterocycles. The smallest absolute Gasteiger partial charge is 0.354 e. The highest BCUT2D eigenvalue weighted by Gasteiger charge is 2.14. The third-order valence-electron chi connectivity index (χ3n) is 2.78. The van der Waals surface area contributed by atoms with Gasteiger partial charge in [0.25, 0.3) is 0 Å². The summed E-state index contributed by atoms with van der Waals surface area (Å²) in [5, 5.41) is 3.70. The van der Waals surface area contributed by atoms with Gasteiger partial charge >= 0.3 is 11.9 Å². The molecule has 0 aliphatic rings. The highest BCUT2D eigenvalue weighted by atomic mass is 16.5. The molecule has 6 nitrogen and oxygen atoms in total. The Morgan fingerprint density at radius 2 is 1.95 bits per heavy atom. The van der Waals surface area contributed by atoms with Gasteiger partial charge in [-0.2, -0.15) is 0 Å². The number of aromatic nitrogens is 1. The first-order valence-corrected chi connectivity index (χ1v) is 6.14. The molecule has 0 atom stereocenters. The first-order chi connectivity index (χ1) is 10.2. The van der Waals surface area contributed by atoms with Crippen LogP contribution in [0.3, 0.4) is 0 Å². The lowest BCUT2D eigenvalue weighted by atomic mass is 10.1. The number of nitrogens with zero attached hydrogens (tertiary/aromatic N) is 1. The molecule has 0 unspecified atom stereocenters. The molecule has 6 heteroatoms. The van der Waals surface area contributed by atoms with Crippen molar-refractivity contribution < 1.29 is 19.1 Å². The fourth-order valence-corrected chi connectivity index (χ4v) is 1.79. The molecule has 0 saturated heterocycles. The van der Waals surface area contributed by atoms with Gasteiger partial charge in [0.05, 0.1) is 25.8 Å². The van der Waals surface area contributed by atoms with Gasteiger partial charge in [-0.15, -0.1) is 0 Å². The van der Waals surface area contributed by atoms with Crippen LogP contribution in [0, 0.1) is 0 Å². The van der Waals surface area contributed by atoms with Crippen molar-refractivity contribution in [1.82, 2.24) is 4.98 Å². The van der Waals surface area contributed by atoms with E-state index >= 15 is 0 Å². The molecule has 0 radical (unpaired) electrons. The molecule has 1 heterocycles. The SMILES string of the molecule is COC(=O)/C=C(/Nc1cccc2ncccc12)C(=O)OC. The molecule has 1 aromatic carbocycles. The number of methoxy groups -OCH3 is 2. The minimum Gasteiger partial charge on any atom is -0.466 e. The summed E-state index contributed by atoms with van der Waals surface area (Å²) in [5.41, 5.74) is 1.40. The van der Waals surface area contributed by atoms with Gasteiger partial charge in [-0.3, -0.25) is 4.98 Å². The Bertz CT molecular complexity index is 704. The first kappa shape index (κ1) is 14.5. The standard InChI is InChI=1S/C15H14N2O4/c1-20-14(18)9-13(15(19)21-2)17-12-7-3-6-11-10(12)5-4-8-16-11/h3-9,17H,1-2H3/b13-9+. The Morgan fingerprint density at radius 1 is 1.14 bits per heavy atom. The number of pyridine rings is 1. The van der Waals surface area contributed by atoms with Gasteiger partial charge in [0.2, 0.25) is 0 Å². The zero-order valence-corrected chi connectivity index (χ0v) is 11.6. The van der Waals surface area contributed by atoms with E-state index < -0.39 is 11.9 Å². The number of benzene rings is 1. The van der Waals surface area contributed by atoms with E-state index in [1.54, 1.807) is 24.4 Å². The lowest BCUT2D eigenvalue weighted by Gasteiger charge is -2.11. The van der Waals surface area contributed by atoms with Crippen molar-refractivity contribution in [2.75, 3.05) is 19.5 Å². The second-order valence-electron chi connectivity index (χ2n) is 4.07. The number of anilines is 1. The van der Waals surface area contributed by atoms with Crippen LogP contribution in [0.5, 0.6) is 0 Å². The molecule has 2 rings (SSSR count). The van der Waals surface area contributed by atoms with Gasteiger partial charge in [0, 0.05) is 17.3 Å². The summed E-state index contributed by atoms with van der Waals surface area (Å²) in [6.07, 6.45) is 2.72. The molecule has 1 aromatic heterocycles. The van der Waals surface area contributed by atoms with Crippen molar-refractivity contribution in [2.24, 2.45) is 0 Å². The molecule has 21 heavy (non-hydrogen) atoms. The van der Waals surface area contributed by atoms with Crippen LogP contribution in [0.4, 0.5) is 5.69 Å². The molecule has 0 aliphatic carbocycles. The molecule has 0 spiro atoms. The fourth-order valence-electron chi connectivity index (χ4n) is 1.79. The van der Waals surface area contributed by atoms with Gasteiger partial charge in [-0.25, -0.2) is 9.59 Å². The van der Waals surface area contributed by atoms with E-state index in [1.807, 2.05) is 12.1 Å². The minimum atomic E-state index is -0.665. The Balaban J connectivity index is 2.41. The minimum absolute atomic E-state index is 0.0132. The molecular weight excluding hydrogens is 272 g/mol. The number of hydrogen-bond acceptors (Lipinski definition) is 6. The number of carbonyl (C=O) groups excluding carboxylic acids is 2. The van der Waals surface area contributed by atoms with E-state index in [-0.39, 0.29) is 5.70 Å². The Hall–Kier alpha value is -2.89. The molecule has 0 amide bonds. The number of nitrogens with one attached hydrogen (secondary N) is 1. The fraction of sp³-hybridized carbons (Fsp3) is 0.133. The number of hydrogen-bond donors (Lipinski definition) is 1. The zero-order valence-electron chi connectivity index (χ0n) is 11.6. The maximum Gasteiger partial charge on any atom is 0.354 e. The van der Waals surface area contributed by atoms with Crippen molar-refractivity contribution in [3.05, 3.63) is 48.3 Å².